The predicted octanol–water partition coefficient (Wildman–Crippen LogP) is 6.32. The van der Waals surface area contributed by atoms with E-state index in [-0.39, 0.29) is 21.5 Å². The lowest BCUT2D eigenvalue weighted by atomic mass is 9.94. The zero-order valence-corrected chi connectivity index (χ0v) is 22.9. The van der Waals surface area contributed by atoms with E-state index in [4.69, 9.17) is 38.2 Å². The number of nitrogens with zero attached hydrogens (tertiary/aromatic N) is 4. The summed E-state index contributed by atoms with van der Waals surface area (Å²) >= 11 is 13.0. The number of nitriles is 1. The number of pyridine rings is 1. The molecule has 3 aromatic carbocycles. The Balaban J connectivity index is 1.46. The van der Waals surface area contributed by atoms with Crippen molar-refractivity contribution < 1.29 is 14.9 Å². The highest BCUT2D eigenvalue weighted by molar-refractivity contribution is 6.37. The molecule has 0 radical (unpaired) electrons. The van der Waals surface area contributed by atoms with Gasteiger partial charge >= 0.3 is 0 Å². The summed E-state index contributed by atoms with van der Waals surface area (Å²) in [7, 11) is 0. The van der Waals surface area contributed by atoms with Crippen LogP contribution in [0.25, 0.3) is 22.2 Å². The van der Waals surface area contributed by atoms with Crippen molar-refractivity contribution in [3.63, 3.8) is 0 Å². The highest BCUT2D eigenvalue weighted by atomic mass is 35.5. The molecule has 2 heterocycles. The number of ether oxygens (including phenoxy) is 1. The number of fused-ring (bicyclic) bond motifs is 1. The van der Waals surface area contributed by atoms with Crippen LogP contribution in [0.3, 0.4) is 0 Å². The molecular formula is C29H25Cl2N5O3. The third kappa shape index (κ3) is 5.28. The molecule has 0 aliphatic carbocycles. The van der Waals surface area contributed by atoms with Crippen LogP contribution >= 0.6 is 23.2 Å². The van der Waals surface area contributed by atoms with Crippen LogP contribution in [0.2, 0.25) is 10.0 Å². The van der Waals surface area contributed by atoms with Gasteiger partial charge in [-0.25, -0.2) is 15.3 Å². The lowest BCUT2D eigenvalue weighted by Crippen LogP contribution is -2.55. The van der Waals surface area contributed by atoms with Crippen LogP contribution in [0.1, 0.15) is 30.9 Å². The van der Waals surface area contributed by atoms with Crippen LogP contribution in [0.5, 0.6) is 11.5 Å². The molecule has 8 nitrogen and oxygen atoms in total. The topological polar surface area (TPSA) is 114 Å². The predicted molar refractivity (Wildman–Crippen MR) is 153 cm³/mol. The second kappa shape index (κ2) is 10.8. The van der Waals surface area contributed by atoms with Crippen molar-refractivity contribution in [3.05, 3.63) is 81.8 Å². The molecule has 10 heteroatoms. The minimum absolute atomic E-state index is 0.167. The molecule has 0 saturated heterocycles. The summed E-state index contributed by atoms with van der Waals surface area (Å²) in [5.41, 5.74) is 5.24. The summed E-state index contributed by atoms with van der Waals surface area (Å²) in [5, 5.41) is 38.0. The van der Waals surface area contributed by atoms with Gasteiger partial charge in [0.1, 0.15) is 11.8 Å². The van der Waals surface area contributed by atoms with Crippen molar-refractivity contribution >= 4 is 45.5 Å². The number of aliphatic hydroxyl groups excluding tert-OH is 2. The summed E-state index contributed by atoms with van der Waals surface area (Å²) in [4.78, 5) is 4.93. The molecule has 1 aliphatic heterocycles. The minimum Gasteiger partial charge on any atom is -0.454 e. The van der Waals surface area contributed by atoms with E-state index < -0.39 is 12.6 Å². The monoisotopic (exact) mass is 561 g/mol. The van der Waals surface area contributed by atoms with Gasteiger partial charge in [0.15, 0.2) is 17.7 Å². The molecular weight excluding hydrogens is 537 g/mol. The fraction of sp³-hybridized carbons (Fsp3) is 0.207. The molecule has 0 spiro atoms. The Morgan fingerprint density at radius 1 is 1.05 bits per heavy atom. The van der Waals surface area contributed by atoms with E-state index in [1.807, 2.05) is 31.2 Å². The van der Waals surface area contributed by atoms with Gasteiger partial charge in [-0.1, -0.05) is 61.3 Å². The number of aliphatic hydroxyl groups is 2. The number of nitrogens with one attached hydrogen (secondary N) is 1. The Morgan fingerprint density at radius 2 is 1.77 bits per heavy atom. The molecule has 39 heavy (non-hydrogen) atoms. The third-order valence-corrected chi connectivity index (χ3v) is 7.00. The first kappa shape index (κ1) is 26.9. The van der Waals surface area contributed by atoms with Gasteiger partial charge in [-0.2, -0.15) is 10.4 Å². The number of hydrazone groups is 1. The molecule has 3 N–H and O–H groups in total. The second-order valence-corrected chi connectivity index (χ2v) is 10.3. The zero-order chi connectivity index (χ0) is 27.8. The lowest BCUT2D eigenvalue weighted by Gasteiger charge is -2.32. The Labute approximate surface area is 235 Å². The van der Waals surface area contributed by atoms with Crippen LogP contribution in [0.15, 0.2) is 65.8 Å². The highest BCUT2D eigenvalue weighted by Crippen LogP contribution is 2.41. The average molecular weight is 562 g/mol. The number of aryl methyl sites for hydroxylation is 1. The molecule has 1 aliphatic rings. The van der Waals surface area contributed by atoms with E-state index in [2.05, 4.69) is 42.5 Å². The summed E-state index contributed by atoms with van der Waals surface area (Å²) in [6, 6.07) is 20.7. The number of aromatic nitrogens is 1. The van der Waals surface area contributed by atoms with Crippen LogP contribution in [0, 0.1) is 18.3 Å². The van der Waals surface area contributed by atoms with Gasteiger partial charge in [0, 0.05) is 10.9 Å². The van der Waals surface area contributed by atoms with Crippen LogP contribution < -0.4 is 15.1 Å². The summed E-state index contributed by atoms with van der Waals surface area (Å²) in [5.74, 6) is 1.11. The van der Waals surface area contributed by atoms with E-state index in [1.165, 1.54) is 17.7 Å². The number of benzene rings is 3. The van der Waals surface area contributed by atoms with Crippen molar-refractivity contribution in [3.8, 4) is 28.8 Å². The Bertz CT molecular complexity index is 1630. The van der Waals surface area contributed by atoms with Gasteiger partial charge in [0.25, 0.3) is 0 Å². The maximum Gasteiger partial charge on any atom is 0.206 e. The van der Waals surface area contributed by atoms with Crippen LogP contribution in [-0.4, -0.2) is 33.5 Å². The number of hydrogen-bond acceptors (Lipinski definition) is 8. The van der Waals surface area contributed by atoms with Gasteiger partial charge in [-0.15, -0.1) is 0 Å². The Morgan fingerprint density at radius 3 is 2.46 bits per heavy atom. The third-order valence-electron chi connectivity index (χ3n) is 6.44. The van der Waals surface area contributed by atoms with Crippen molar-refractivity contribution in [1.29, 1.82) is 5.26 Å². The smallest absolute Gasteiger partial charge is 0.206 e. The molecule has 4 aromatic rings. The van der Waals surface area contributed by atoms with Crippen LogP contribution in [0.4, 0.5) is 5.69 Å². The van der Waals surface area contributed by atoms with Gasteiger partial charge in [-0.3, -0.25) is 0 Å². The lowest BCUT2D eigenvalue weighted by molar-refractivity contribution is 0.0631. The minimum atomic E-state index is -1.40. The maximum absolute atomic E-state index is 10.3. The molecule has 2 unspecified atom stereocenters. The number of halogens is 2. The molecule has 1 aromatic heterocycles. The summed E-state index contributed by atoms with van der Waals surface area (Å²) < 4.78 is 6.08. The quantitative estimate of drug-likeness (QED) is 0.261. The molecule has 5 rings (SSSR count). The number of anilines is 1. The van der Waals surface area contributed by atoms with Gasteiger partial charge < -0.3 is 14.9 Å². The molecule has 198 valence electrons. The van der Waals surface area contributed by atoms with Gasteiger partial charge in [0.05, 0.1) is 26.9 Å². The normalized spacial score (nSPS) is 17.3. The SMILES string of the molecule is Cc1cc(-c2ccccc2C(C)C)nc2ccc(Oc3c(Cl)cc(N4N=C(C#N)C(O)NC4O)cc3Cl)cc12. The second-order valence-electron chi connectivity index (χ2n) is 9.47. The molecule has 0 amide bonds. The molecule has 0 fully saturated rings. The number of rotatable bonds is 5. The molecule has 0 saturated carbocycles. The first-order chi connectivity index (χ1) is 18.7. The largest absolute Gasteiger partial charge is 0.454 e. The first-order valence-electron chi connectivity index (χ1n) is 12.2. The van der Waals surface area contributed by atoms with E-state index in [1.54, 1.807) is 12.1 Å². The van der Waals surface area contributed by atoms with E-state index in [9.17, 15) is 10.2 Å². The number of hydrogen-bond donors (Lipinski definition) is 3. The van der Waals surface area contributed by atoms with Crippen molar-refractivity contribution in [2.45, 2.75) is 39.3 Å². The van der Waals surface area contributed by atoms with Crippen molar-refractivity contribution in [2.24, 2.45) is 5.10 Å². The molecule has 0 bridgehead atoms. The van der Waals surface area contributed by atoms with E-state index in [0.717, 1.165) is 32.7 Å². The fourth-order valence-corrected chi connectivity index (χ4v) is 5.05. The van der Waals surface area contributed by atoms with E-state index >= 15 is 0 Å². The zero-order valence-electron chi connectivity index (χ0n) is 21.4. The van der Waals surface area contributed by atoms with Crippen molar-refractivity contribution in [2.75, 3.05) is 5.01 Å². The average Bonchev–Trinajstić information content (AvgIpc) is 2.91. The first-order valence-corrected chi connectivity index (χ1v) is 13.0. The standard InChI is InChI=1S/C29H25Cl2N5O3/c1-15(2)19-6-4-5-7-20(19)25-10-16(3)21-13-18(8-9-24(21)33-25)39-27-22(30)11-17(12-23(27)31)36-29(38)34-28(37)26(14-32)35-36/h4-13,15,28-29,34,37-38H,1-3H3. The van der Waals surface area contributed by atoms with Gasteiger partial charge in [-0.05, 0) is 60.4 Å². The fourth-order valence-electron chi connectivity index (χ4n) is 4.50. The van der Waals surface area contributed by atoms with Crippen LogP contribution in [-0.2, 0) is 0 Å². The summed E-state index contributed by atoms with van der Waals surface area (Å²) in [6.45, 7) is 6.38. The maximum atomic E-state index is 10.3. The highest BCUT2D eigenvalue weighted by Gasteiger charge is 2.29. The molecule has 2 atom stereocenters. The van der Waals surface area contributed by atoms with Crippen molar-refractivity contribution in [1.82, 2.24) is 10.3 Å². The summed E-state index contributed by atoms with van der Waals surface area (Å²) in [6.07, 6.45) is -2.79. The van der Waals surface area contributed by atoms with E-state index in [0.29, 0.717) is 17.4 Å². The Hall–Kier alpha value is -3.71. The Kier molecular flexibility index (Phi) is 7.45. The van der Waals surface area contributed by atoms with Gasteiger partial charge in [0.2, 0.25) is 6.35 Å².